The Hall–Kier alpha value is -2.54. The molecule has 4 heteroatoms. The van der Waals surface area contributed by atoms with E-state index in [9.17, 15) is 9.59 Å². The summed E-state index contributed by atoms with van der Waals surface area (Å²) >= 11 is 0. The standard InChI is InChI=1S/C20H23NO3/c1-2-3-4-5-6-7-8-17-18(13-14-19(17)22)21-16-11-9-15(10-12-16)20(23)24/h9-14,17-18,21H,2-6H2,1H3,(H,23,24)/t17-,18+/m1/s1. The summed E-state index contributed by atoms with van der Waals surface area (Å²) in [7, 11) is 0. The third-order valence-electron chi connectivity index (χ3n) is 4.01. The molecule has 1 aromatic rings. The molecule has 1 aliphatic carbocycles. The number of carboxylic acids is 1. The fraction of sp³-hybridized carbons (Fsp3) is 0.400. The third-order valence-corrected chi connectivity index (χ3v) is 4.01. The lowest BCUT2D eigenvalue weighted by Gasteiger charge is -2.16. The average molecular weight is 325 g/mol. The fourth-order valence-electron chi connectivity index (χ4n) is 2.61. The van der Waals surface area contributed by atoms with Gasteiger partial charge < -0.3 is 10.4 Å². The zero-order valence-corrected chi connectivity index (χ0v) is 13.9. The minimum absolute atomic E-state index is 0.0238. The molecule has 0 heterocycles. The summed E-state index contributed by atoms with van der Waals surface area (Å²) in [5, 5.41) is 12.2. The maximum Gasteiger partial charge on any atom is 0.335 e. The predicted octanol–water partition coefficient (Wildman–Crippen LogP) is 3.89. The molecule has 0 aromatic heterocycles. The van der Waals surface area contributed by atoms with Crippen LogP contribution in [0.15, 0.2) is 36.4 Å². The van der Waals surface area contributed by atoms with Crippen LogP contribution < -0.4 is 5.32 Å². The quantitative estimate of drug-likeness (QED) is 0.589. The van der Waals surface area contributed by atoms with Crippen molar-refractivity contribution in [2.45, 2.75) is 45.1 Å². The van der Waals surface area contributed by atoms with Gasteiger partial charge in [-0.1, -0.05) is 38.2 Å². The van der Waals surface area contributed by atoms with Crippen molar-refractivity contribution in [2.75, 3.05) is 5.32 Å². The lowest BCUT2D eigenvalue weighted by Crippen LogP contribution is -2.26. The van der Waals surface area contributed by atoms with Crippen molar-refractivity contribution in [1.29, 1.82) is 0 Å². The summed E-state index contributed by atoms with van der Waals surface area (Å²) in [4.78, 5) is 22.8. The molecular formula is C20H23NO3. The first kappa shape index (κ1) is 17.8. The topological polar surface area (TPSA) is 66.4 Å². The Labute approximate surface area is 143 Å². The van der Waals surface area contributed by atoms with Crippen LogP contribution in [0.25, 0.3) is 0 Å². The summed E-state index contributed by atoms with van der Waals surface area (Å²) in [6.07, 6.45) is 8.89. The van der Waals surface area contributed by atoms with E-state index in [4.69, 9.17) is 5.11 Å². The molecule has 1 aliphatic rings. The zero-order valence-electron chi connectivity index (χ0n) is 13.9. The minimum atomic E-state index is -0.954. The van der Waals surface area contributed by atoms with Gasteiger partial charge in [-0.2, -0.15) is 0 Å². The van der Waals surface area contributed by atoms with Crippen LogP contribution in [0.1, 0.15) is 49.4 Å². The number of carbonyl (C=O) groups is 2. The molecule has 0 saturated heterocycles. The molecule has 4 nitrogen and oxygen atoms in total. The number of benzene rings is 1. The summed E-state index contributed by atoms with van der Waals surface area (Å²) < 4.78 is 0. The second-order valence-electron chi connectivity index (χ2n) is 5.92. The molecule has 0 fully saturated rings. The van der Waals surface area contributed by atoms with Gasteiger partial charge in [0.2, 0.25) is 0 Å². The normalized spacial score (nSPS) is 19.0. The van der Waals surface area contributed by atoms with E-state index in [2.05, 4.69) is 24.1 Å². The van der Waals surface area contributed by atoms with Gasteiger partial charge >= 0.3 is 5.97 Å². The first-order valence-corrected chi connectivity index (χ1v) is 8.42. The van der Waals surface area contributed by atoms with E-state index >= 15 is 0 Å². The first-order chi connectivity index (χ1) is 11.6. The second-order valence-corrected chi connectivity index (χ2v) is 5.92. The number of unbranched alkanes of at least 4 members (excludes halogenated alkanes) is 4. The molecule has 0 amide bonds. The highest BCUT2D eigenvalue weighted by molar-refractivity contribution is 5.98. The van der Waals surface area contributed by atoms with E-state index in [1.807, 2.05) is 6.08 Å². The number of aromatic carboxylic acids is 1. The van der Waals surface area contributed by atoms with Crippen LogP contribution in [-0.2, 0) is 4.79 Å². The number of carboxylic acid groups (broad SMARTS) is 1. The molecule has 2 atom stereocenters. The van der Waals surface area contributed by atoms with E-state index in [1.165, 1.54) is 19.3 Å². The van der Waals surface area contributed by atoms with Gasteiger partial charge in [0, 0.05) is 12.1 Å². The number of carbonyl (C=O) groups excluding carboxylic acids is 1. The molecule has 24 heavy (non-hydrogen) atoms. The number of ketones is 1. The Bertz CT molecular complexity index is 664. The second kappa shape index (κ2) is 8.93. The smallest absolute Gasteiger partial charge is 0.335 e. The molecule has 0 bridgehead atoms. The van der Waals surface area contributed by atoms with Crippen molar-refractivity contribution in [3.63, 3.8) is 0 Å². The highest BCUT2D eigenvalue weighted by Gasteiger charge is 2.28. The van der Waals surface area contributed by atoms with Gasteiger partial charge in [-0.3, -0.25) is 4.79 Å². The van der Waals surface area contributed by atoms with Gasteiger partial charge in [0.05, 0.1) is 11.6 Å². The van der Waals surface area contributed by atoms with E-state index in [-0.39, 0.29) is 23.3 Å². The van der Waals surface area contributed by atoms with E-state index in [0.29, 0.717) is 0 Å². The molecule has 126 valence electrons. The molecule has 0 aliphatic heterocycles. The Morgan fingerprint density at radius 3 is 2.62 bits per heavy atom. The fourth-order valence-corrected chi connectivity index (χ4v) is 2.61. The van der Waals surface area contributed by atoms with Gasteiger partial charge in [0.15, 0.2) is 5.78 Å². The van der Waals surface area contributed by atoms with Crippen LogP contribution in [0.2, 0.25) is 0 Å². The van der Waals surface area contributed by atoms with Crippen molar-refractivity contribution in [3.05, 3.63) is 42.0 Å². The van der Waals surface area contributed by atoms with Crippen molar-refractivity contribution >= 4 is 17.4 Å². The average Bonchev–Trinajstić information content (AvgIpc) is 2.91. The number of hydrogen-bond donors (Lipinski definition) is 2. The number of rotatable bonds is 7. The van der Waals surface area contributed by atoms with Gasteiger partial charge in [0.1, 0.15) is 5.92 Å². The van der Waals surface area contributed by atoms with E-state index in [0.717, 1.165) is 18.5 Å². The molecular weight excluding hydrogens is 302 g/mol. The maximum absolute atomic E-state index is 12.0. The Morgan fingerprint density at radius 1 is 1.21 bits per heavy atom. The summed E-state index contributed by atoms with van der Waals surface area (Å²) in [5.74, 6) is 4.92. The summed E-state index contributed by atoms with van der Waals surface area (Å²) in [5.41, 5.74) is 1.01. The van der Waals surface area contributed by atoms with Crippen molar-refractivity contribution < 1.29 is 14.7 Å². The maximum atomic E-state index is 12.0. The van der Waals surface area contributed by atoms with Crippen LogP contribution in [-0.4, -0.2) is 22.9 Å². The van der Waals surface area contributed by atoms with Crippen LogP contribution >= 0.6 is 0 Å². The van der Waals surface area contributed by atoms with E-state index < -0.39 is 5.97 Å². The monoisotopic (exact) mass is 325 g/mol. The van der Waals surface area contributed by atoms with Crippen LogP contribution in [0.5, 0.6) is 0 Å². The lowest BCUT2D eigenvalue weighted by molar-refractivity contribution is -0.116. The van der Waals surface area contributed by atoms with Gasteiger partial charge in [0.25, 0.3) is 0 Å². The predicted molar refractivity (Wildman–Crippen MR) is 95.0 cm³/mol. The first-order valence-electron chi connectivity index (χ1n) is 8.42. The van der Waals surface area contributed by atoms with Crippen molar-refractivity contribution in [1.82, 2.24) is 0 Å². The summed E-state index contributed by atoms with van der Waals surface area (Å²) in [6.45, 7) is 2.17. The van der Waals surface area contributed by atoms with Gasteiger partial charge in [-0.15, -0.1) is 5.92 Å². The number of hydrogen-bond acceptors (Lipinski definition) is 3. The van der Waals surface area contributed by atoms with Crippen LogP contribution in [0.3, 0.4) is 0 Å². The Kier molecular flexibility index (Phi) is 6.62. The lowest BCUT2D eigenvalue weighted by atomic mass is 10.0. The Balaban J connectivity index is 1.93. The highest BCUT2D eigenvalue weighted by atomic mass is 16.4. The Morgan fingerprint density at radius 2 is 1.96 bits per heavy atom. The number of allylic oxidation sites excluding steroid dienone is 1. The highest BCUT2D eigenvalue weighted by Crippen LogP contribution is 2.20. The molecule has 1 aromatic carbocycles. The number of anilines is 1. The molecule has 0 saturated carbocycles. The van der Waals surface area contributed by atoms with Gasteiger partial charge in [-0.25, -0.2) is 4.79 Å². The SMILES string of the molecule is CCCCCCC#C[C@H]1C(=O)C=C[C@@H]1Nc1ccc(C(=O)O)cc1. The minimum Gasteiger partial charge on any atom is -0.478 e. The molecule has 0 radical (unpaired) electrons. The largest absolute Gasteiger partial charge is 0.478 e. The van der Waals surface area contributed by atoms with E-state index in [1.54, 1.807) is 30.3 Å². The number of nitrogens with one attached hydrogen (secondary N) is 1. The molecule has 0 unspecified atom stereocenters. The molecule has 0 spiro atoms. The molecule has 2 N–H and O–H groups in total. The third kappa shape index (κ3) is 4.99. The van der Waals surface area contributed by atoms with Crippen molar-refractivity contribution in [3.8, 4) is 11.8 Å². The zero-order chi connectivity index (χ0) is 17.4. The van der Waals surface area contributed by atoms with Crippen LogP contribution in [0.4, 0.5) is 5.69 Å². The summed E-state index contributed by atoms with van der Waals surface area (Å²) in [6, 6.07) is 6.32. The van der Waals surface area contributed by atoms with Gasteiger partial charge in [-0.05, 0) is 36.8 Å². The molecule has 2 rings (SSSR count). The van der Waals surface area contributed by atoms with Crippen molar-refractivity contribution in [2.24, 2.45) is 5.92 Å². The van der Waals surface area contributed by atoms with Crippen LogP contribution in [0, 0.1) is 17.8 Å².